The molecule has 24 heavy (non-hydrogen) atoms. The van der Waals surface area contributed by atoms with Crippen LogP contribution in [-0.2, 0) is 6.42 Å². The van der Waals surface area contributed by atoms with Crippen molar-refractivity contribution in [1.82, 2.24) is 0 Å². The van der Waals surface area contributed by atoms with E-state index in [9.17, 15) is 19.5 Å². The van der Waals surface area contributed by atoms with Crippen LogP contribution in [0.15, 0.2) is 42.5 Å². The van der Waals surface area contributed by atoms with Gasteiger partial charge >= 0.3 is 17.9 Å². The molecular weight excluding hydrogens is 312 g/mol. The van der Waals surface area contributed by atoms with E-state index in [1.807, 2.05) is 6.92 Å². The molecule has 124 valence electrons. The third-order valence-corrected chi connectivity index (χ3v) is 3.79. The van der Waals surface area contributed by atoms with E-state index >= 15 is 0 Å². The third kappa shape index (κ3) is 3.78. The van der Waals surface area contributed by atoms with E-state index in [0.29, 0.717) is 12.0 Å². The van der Waals surface area contributed by atoms with Crippen molar-refractivity contribution >= 4 is 17.9 Å². The summed E-state index contributed by atoms with van der Waals surface area (Å²) in [5, 5.41) is 27.2. The van der Waals surface area contributed by atoms with Crippen molar-refractivity contribution in [2.24, 2.45) is 0 Å². The van der Waals surface area contributed by atoms with Crippen molar-refractivity contribution in [3.05, 3.63) is 70.3 Å². The number of hydrogen-bond donors (Lipinski definition) is 3. The van der Waals surface area contributed by atoms with Gasteiger partial charge in [-0.2, -0.15) is 0 Å². The third-order valence-electron chi connectivity index (χ3n) is 3.79. The van der Waals surface area contributed by atoms with Crippen molar-refractivity contribution in [3.8, 4) is 0 Å². The standard InChI is InChI=1S/C18H16O6/c1-10(7-11-3-2-4-13(8-11)16(19)20)12-5-6-14(17(21)22)15(9-12)18(23)24/h2-6,8-10H,7H2,1H3,(H,19,20)(H,21,22)(H,23,24). The van der Waals surface area contributed by atoms with Crippen LogP contribution >= 0.6 is 0 Å². The lowest BCUT2D eigenvalue weighted by Gasteiger charge is -2.14. The van der Waals surface area contributed by atoms with Gasteiger partial charge in [0.25, 0.3) is 0 Å². The summed E-state index contributed by atoms with van der Waals surface area (Å²) in [6.07, 6.45) is 0.507. The molecule has 0 aliphatic heterocycles. The molecule has 0 saturated heterocycles. The van der Waals surface area contributed by atoms with Crippen LogP contribution in [0.25, 0.3) is 0 Å². The average molecular weight is 328 g/mol. The molecule has 2 aromatic rings. The molecule has 0 aliphatic rings. The van der Waals surface area contributed by atoms with E-state index in [0.717, 1.165) is 5.56 Å². The van der Waals surface area contributed by atoms with Crippen LogP contribution in [0.3, 0.4) is 0 Å². The second-order valence-corrected chi connectivity index (χ2v) is 5.53. The fourth-order valence-corrected chi connectivity index (χ4v) is 2.53. The maximum atomic E-state index is 11.3. The Morgan fingerprint density at radius 1 is 0.875 bits per heavy atom. The summed E-state index contributed by atoms with van der Waals surface area (Å²) in [6, 6.07) is 10.8. The van der Waals surface area contributed by atoms with Gasteiger partial charge in [0.15, 0.2) is 0 Å². The molecule has 0 aliphatic carbocycles. The van der Waals surface area contributed by atoms with E-state index in [1.54, 1.807) is 24.3 Å². The predicted octanol–water partition coefficient (Wildman–Crippen LogP) is 3.13. The summed E-state index contributed by atoms with van der Waals surface area (Å²) in [7, 11) is 0. The van der Waals surface area contributed by atoms with Gasteiger partial charge in [-0.05, 0) is 47.7 Å². The quantitative estimate of drug-likeness (QED) is 0.751. The molecule has 0 fully saturated rings. The van der Waals surface area contributed by atoms with Crippen LogP contribution in [0.2, 0.25) is 0 Å². The van der Waals surface area contributed by atoms with Crippen LogP contribution < -0.4 is 0 Å². The molecule has 0 radical (unpaired) electrons. The zero-order valence-corrected chi connectivity index (χ0v) is 12.9. The van der Waals surface area contributed by atoms with E-state index in [2.05, 4.69) is 0 Å². The van der Waals surface area contributed by atoms with Gasteiger partial charge in [0.2, 0.25) is 0 Å². The highest BCUT2D eigenvalue weighted by Gasteiger charge is 2.18. The Morgan fingerprint density at radius 2 is 1.54 bits per heavy atom. The zero-order chi connectivity index (χ0) is 17.9. The summed E-state index contributed by atoms with van der Waals surface area (Å²) < 4.78 is 0. The lowest BCUT2D eigenvalue weighted by Crippen LogP contribution is -2.10. The first kappa shape index (κ1) is 17.2. The number of carboxylic acids is 3. The van der Waals surface area contributed by atoms with Crippen molar-refractivity contribution in [2.75, 3.05) is 0 Å². The van der Waals surface area contributed by atoms with Crippen LogP contribution in [-0.4, -0.2) is 33.2 Å². The van der Waals surface area contributed by atoms with E-state index < -0.39 is 17.9 Å². The Labute approximate surface area is 138 Å². The van der Waals surface area contributed by atoms with Crippen molar-refractivity contribution in [1.29, 1.82) is 0 Å². The minimum atomic E-state index is -1.30. The van der Waals surface area contributed by atoms with Gasteiger partial charge < -0.3 is 15.3 Å². The molecule has 1 unspecified atom stereocenters. The van der Waals surface area contributed by atoms with Crippen molar-refractivity contribution < 1.29 is 29.7 Å². The van der Waals surface area contributed by atoms with Crippen LogP contribution in [0.4, 0.5) is 0 Å². The Hall–Kier alpha value is -3.15. The fourth-order valence-electron chi connectivity index (χ4n) is 2.53. The first-order valence-corrected chi connectivity index (χ1v) is 7.22. The van der Waals surface area contributed by atoms with E-state index in [1.165, 1.54) is 18.2 Å². The van der Waals surface area contributed by atoms with Crippen LogP contribution in [0.5, 0.6) is 0 Å². The SMILES string of the molecule is CC(Cc1cccc(C(=O)O)c1)c1ccc(C(=O)O)c(C(=O)O)c1. The summed E-state index contributed by atoms with van der Waals surface area (Å²) in [5.41, 5.74) is 1.16. The maximum absolute atomic E-state index is 11.3. The van der Waals surface area contributed by atoms with Gasteiger partial charge in [0.05, 0.1) is 16.7 Å². The molecule has 6 heteroatoms. The highest BCUT2D eigenvalue weighted by molar-refractivity contribution is 6.01. The lowest BCUT2D eigenvalue weighted by atomic mass is 9.90. The molecule has 0 aromatic heterocycles. The predicted molar refractivity (Wildman–Crippen MR) is 85.9 cm³/mol. The zero-order valence-electron chi connectivity index (χ0n) is 12.9. The Bertz CT molecular complexity index is 809. The second kappa shape index (κ2) is 6.95. The normalized spacial score (nSPS) is 11.7. The molecule has 6 nitrogen and oxygen atoms in total. The molecule has 3 N–H and O–H groups in total. The van der Waals surface area contributed by atoms with Crippen LogP contribution in [0.1, 0.15) is 55.0 Å². The number of rotatable bonds is 6. The summed E-state index contributed by atoms with van der Waals surface area (Å²) in [4.78, 5) is 33.3. The van der Waals surface area contributed by atoms with Gasteiger partial charge in [-0.25, -0.2) is 14.4 Å². The Balaban J connectivity index is 2.30. The van der Waals surface area contributed by atoms with Gasteiger partial charge in [0, 0.05) is 0 Å². The number of aromatic carboxylic acids is 3. The summed E-state index contributed by atoms with van der Waals surface area (Å²) >= 11 is 0. The number of benzene rings is 2. The van der Waals surface area contributed by atoms with Crippen molar-refractivity contribution in [3.63, 3.8) is 0 Å². The average Bonchev–Trinajstić information content (AvgIpc) is 2.54. The topological polar surface area (TPSA) is 112 Å². The molecule has 0 heterocycles. The minimum absolute atomic E-state index is 0.102. The molecular formula is C18H16O6. The van der Waals surface area contributed by atoms with E-state index in [4.69, 9.17) is 10.2 Å². The smallest absolute Gasteiger partial charge is 0.336 e. The van der Waals surface area contributed by atoms with Crippen LogP contribution in [0, 0.1) is 0 Å². The largest absolute Gasteiger partial charge is 0.478 e. The summed E-state index contributed by atoms with van der Waals surface area (Å²) in [5.74, 6) is -3.70. The Morgan fingerprint density at radius 3 is 2.12 bits per heavy atom. The van der Waals surface area contributed by atoms with Gasteiger partial charge in [-0.15, -0.1) is 0 Å². The van der Waals surface area contributed by atoms with E-state index in [-0.39, 0.29) is 22.6 Å². The molecule has 2 aromatic carbocycles. The minimum Gasteiger partial charge on any atom is -0.478 e. The first-order chi connectivity index (χ1) is 11.3. The van der Waals surface area contributed by atoms with Gasteiger partial charge in [-0.1, -0.05) is 25.1 Å². The monoisotopic (exact) mass is 328 g/mol. The molecule has 1 atom stereocenters. The second-order valence-electron chi connectivity index (χ2n) is 5.53. The molecule has 0 bridgehead atoms. The number of carboxylic acid groups (broad SMARTS) is 3. The fraction of sp³-hybridized carbons (Fsp3) is 0.167. The number of carbonyl (C=O) groups is 3. The molecule has 0 saturated carbocycles. The number of hydrogen-bond acceptors (Lipinski definition) is 3. The van der Waals surface area contributed by atoms with Gasteiger partial charge in [-0.3, -0.25) is 0 Å². The highest BCUT2D eigenvalue weighted by atomic mass is 16.4. The first-order valence-electron chi connectivity index (χ1n) is 7.22. The highest BCUT2D eigenvalue weighted by Crippen LogP contribution is 2.24. The molecule has 0 amide bonds. The summed E-state index contributed by atoms with van der Waals surface area (Å²) in [6.45, 7) is 1.87. The molecule has 0 spiro atoms. The van der Waals surface area contributed by atoms with Gasteiger partial charge in [0.1, 0.15) is 0 Å². The Kier molecular flexibility index (Phi) is 4.99. The van der Waals surface area contributed by atoms with Crippen molar-refractivity contribution in [2.45, 2.75) is 19.3 Å². The molecule has 2 rings (SSSR count). The lowest BCUT2D eigenvalue weighted by molar-refractivity contribution is 0.0651. The maximum Gasteiger partial charge on any atom is 0.336 e.